The van der Waals surface area contributed by atoms with Gasteiger partial charge >= 0.3 is 6.09 Å². The molecule has 0 bridgehead atoms. The molecule has 0 aromatic heterocycles. The van der Waals surface area contributed by atoms with Crippen LogP contribution in [0.5, 0.6) is 0 Å². The molecule has 0 N–H and O–H groups in total. The lowest BCUT2D eigenvalue weighted by atomic mass is 10.1. The number of Topliss-reactive ketones (excluding diaryl/α,β-unsaturated/α-hetero) is 1. The van der Waals surface area contributed by atoms with Crippen LogP contribution < -0.4 is 0 Å². The number of ether oxygens (including phenoxy) is 2. The van der Waals surface area contributed by atoms with Crippen LogP contribution in [0.1, 0.15) is 33.6 Å². The molecule has 1 amide bonds. The van der Waals surface area contributed by atoms with E-state index in [0.717, 1.165) is 12.8 Å². The number of nitrogens with zero attached hydrogens (tertiary/aromatic N) is 1. The quantitative estimate of drug-likeness (QED) is 0.752. The number of ketones is 1. The maximum absolute atomic E-state index is 11.6. The number of amides is 1. The van der Waals surface area contributed by atoms with Crippen LogP contribution in [0.25, 0.3) is 0 Å². The molecule has 17 heavy (non-hydrogen) atoms. The minimum atomic E-state index is -0.259. The van der Waals surface area contributed by atoms with Gasteiger partial charge in [0.05, 0.1) is 12.2 Å². The summed E-state index contributed by atoms with van der Waals surface area (Å²) in [5, 5.41) is 0. The lowest BCUT2D eigenvalue weighted by Gasteiger charge is -2.31. The van der Waals surface area contributed by atoms with Gasteiger partial charge in [-0.1, -0.05) is 0 Å². The normalized spacial score (nSPS) is 17.3. The summed E-state index contributed by atoms with van der Waals surface area (Å²) in [6.45, 7) is 6.61. The van der Waals surface area contributed by atoms with Crippen molar-refractivity contribution < 1.29 is 19.1 Å². The van der Waals surface area contributed by atoms with E-state index in [4.69, 9.17) is 9.47 Å². The van der Waals surface area contributed by atoms with Crippen LogP contribution in [0.15, 0.2) is 0 Å². The van der Waals surface area contributed by atoms with Gasteiger partial charge in [-0.25, -0.2) is 4.79 Å². The Morgan fingerprint density at radius 3 is 2.35 bits per heavy atom. The summed E-state index contributed by atoms with van der Waals surface area (Å²) in [5.74, 6) is 0.0339. The number of hydrogen-bond donors (Lipinski definition) is 0. The monoisotopic (exact) mass is 243 g/mol. The SMILES string of the molecule is CC(=O)COC1CCN(C(=O)OC(C)C)CC1. The molecule has 1 fully saturated rings. The minimum absolute atomic E-state index is 0.0339. The first kappa shape index (κ1) is 14.0. The van der Waals surface area contributed by atoms with Crippen LogP contribution in [-0.4, -0.2) is 48.7 Å². The number of likely N-dealkylation sites (tertiary alicyclic amines) is 1. The van der Waals surface area contributed by atoms with Crippen LogP contribution in [0.2, 0.25) is 0 Å². The first-order valence-electron chi connectivity index (χ1n) is 6.05. The van der Waals surface area contributed by atoms with Gasteiger partial charge in [-0.2, -0.15) is 0 Å². The Morgan fingerprint density at radius 2 is 1.88 bits per heavy atom. The van der Waals surface area contributed by atoms with E-state index in [9.17, 15) is 9.59 Å². The van der Waals surface area contributed by atoms with E-state index in [1.165, 1.54) is 6.92 Å². The average molecular weight is 243 g/mol. The van der Waals surface area contributed by atoms with Gasteiger partial charge in [0.2, 0.25) is 0 Å². The van der Waals surface area contributed by atoms with Crippen molar-refractivity contribution in [3.63, 3.8) is 0 Å². The number of rotatable bonds is 4. The topological polar surface area (TPSA) is 55.8 Å². The largest absolute Gasteiger partial charge is 0.447 e. The third kappa shape index (κ3) is 5.17. The van der Waals surface area contributed by atoms with Crippen LogP contribution >= 0.6 is 0 Å². The van der Waals surface area contributed by atoms with Crippen molar-refractivity contribution in [1.82, 2.24) is 4.90 Å². The zero-order valence-electron chi connectivity index (χ0n) is 10.8. The van der Waals surface area contributed by atoms with Crippen LogP contribution in [0.3, 0.4) is 0 Å². The average Bonchev–Trinajstić information content (AvgIpc) is 2.26. The van der Waals surface area contributed by atoms with Crippen molar-refractivity contribution in [3.05, 3.63) is 0 Å². The molecule has 0 aromatic carbocycles. The predicted octanol–water partition coefficient (Wildman–Crippen LogP) is 1.60. The second-order valence-corrected chi connectivity index (χ2v) is 4.63. The van der Waals surface area contributed by atoms with Crippen molar-refractivity contribution in [2.45, 2.75) is 45.8 Å². The lowest BCUT2D eigenvalue weighted by molar-refractivity contribution is -0.124. The smallest absolute Gasteiger partial charge is 0.410 e. The van der Waals surface area contributed by atoms with E-state index >= 15 is 0 Å². The number of piperidine rings is 1. The first-order valence-corrected chi connectivity index (χ1v) is 6.05. The Bertz CT molecular complexity index is 270. The Morgan fingerprint density at radius 1 is 1.29 bits per heavy atom. The fourth-order valence-corrected chi connectivity index (χ4v) is 1.72. The molecule has 0 aliphatic carbocycles. The summed E-state index contributed by atoms with van der Waals surface area (Å²) in [6, 6.07) is 0. The molecule has 1 aliphatic rings. The van der Waals surface area contributed by atoms with Crippen molar-refractivity contribution in [2.24, 2.45) is 0 Å². The fraction of sp³-hybridized carbons (Fsp3) is 0.833. The molecule has 5 nitrogen and oxygen atoms in total. The zero-order valence-corrected chi connectivity index (χ0v) is 10.8. The van der Waals surface area contributed by atoms with Crippen LogP contribution in [0, 0.1) is 0 Å². The summed E-state index contributed by atoms with van der Waals surface area (Å²) >= 11 is 0. The molecule has 0 radical (unpaired) electrons. The Labute approximate surface area is 102 Å². The maximum Gasteiger partial charge on any atom is 0.410 e. The van der Waals surface area contributed by atoms with Crippen molar-refractivity contribution in [2.75, 3.05) is 19.7 Å². The fourth-order valence-electron chi connectivity index (χ4n) is 1.72. The molecule has 98 valence electrons. The lowest BCUT2D eigenvalue weighted by Crippen LogP contribution is -2.42. The summed E-state index contributed by atoms with van der Waals surface area (Å²) in [6.07, 6.45) is 1.27. The van der Waals surface area contributed by atoms with Gasteiger partial charge in [0.25, 0.3) is 0 Å². The molecule has 5 heteroatoms. The van der Waals surface area contributed by atoms with Gasteiger partial charge in [0.1, 0.15) is 6.61 Å². The van der Waals surface area contributed by atoms with E-state index in [-0.39, 0.29) is 30.7 Å². The molecular weight excluding hydrogens is 222 g/mol. The number of hydrogen-bond acceptors (Lipinski definition) is 4. The highest BCUT2D eigenvalue weighted by Gasteiger charge is 2.24. The molecular formula is C12H21NO4. The third-order valence-electron chi connectivity index (χ3n) is 2.56. The van der Waals surface area contributed by atoms with Crippen LogP contribution in [0.4, 0.5) is 4.79 Å². The van der Waals surface area contributed by atoms with Crippen LogP contribution in [-0.2, 0) is 14.3 Å². The van der Waals surface area contributed by atoms with Gasteiger partial charge in [-0.15, -0.1) is 0 Å². The Balaban J connectivity index is 2.25. The van der Waals surface area contributed by atoms with E-state index in [1.807, 2.05) is 13.8 Å². The van der Waals surface area contributed by atoms with Crippen molar-refractivity contribution in [3.8, 4) is 0 Å². The Kier molecular flexibility index (Phi) is 5.41. The summed E-state index contributed by atoms with van der Waals surface area (Å²) in [7, 11) is 0. The second kappa shape index (κ2) is 6.59. The molecule has 0 spiro atoms. The van der Waals surface area contributed by atoms with Crippen molar-refractivity contribution in [1.29, 1.82) is 0 Å². The van der Waals surface area contributed by atoms with E-state index in [0.29, 0.717) is 13.1 Å². The van der Waals surface area contributed by atoms with Gasteiger partial charge in [-0.3, -0.25) is 4.79 Å². The highest BCUT2D eigenvalue weighted by Crippen LogP contribution is 2.14. The highest BCUT2D eigenvalue weighted by atomic mass is 16.6. The van der Waals surface area contributed by atoms with Gasteiger partial charge in [-0.05, 0) is 33.6 Å². The van der Waals surface area contributed by atoms with E-state index in [2.05, 4.69) is 0 Å². The highest BCUT2D eigenvalue weighted by molar-refractivity contribution is 5.76. The molecule has 1 heterocycles. The molecule has 0 aromatic rings. The Hall–Kier alpha value is -1.10. The molecule has 0 atom stereocenters. The first-order chi connectivity index (χ1) is 7.99. The predicted molar refractivity (Wildman–Crippen MR) is 62.8 cm³/mol. The summed E-state index contributed by atoms with van der Waals surface area (Å²) in [5.41, 5.74) is 0. The van der Waals surface area contributed by atoms with Gasteiger partial charge in [0, 0.05) is 13.1 Å². The number of carbonyl (C=O) groups is 2. The summed E-state index contributed by atoms with van der Waals surface area (Å²) < 4.78 is 10.5. The van der Waals surface area contributed by atoms with Crippen molar-refractivity contribution >= 4 is 11.9 Å². The summed E-state index contributed by atoms with van der Waals surface area (Å²) in [4.78, 5) is 24.0. The zero-order chi connectivity index (χ0) is 12.8. The maximum atomic E-state index is 11.6. The minimum Gasteiger partial charge on any atom is -0.447 e. The van der Waals surface area contributed by atoms with Gasteiger partial charge in [0.15, 0.2) is 5.78 Å². The van der Waals surface area contributed by atoms with Gasteiger partial charge < -0.3 is 14.4 Å². The molecule has 1 aliphatic heterocycles. The number of carbonyl (C=O) groups excluding carboxylic acids is 2. The molecule has 1 rings (SSSR count). The second-order valence-electron chi connectivity index (χ2n) is 4.63. The van der Waals surface area contributed by atoms with E-state index < -0.39 is 0 Å². The third-order valence-corrected chi connectivity index (χ3v) is 2.56. The van der Waals surface area contributed by atoms with E-state index in [1.54, 1.807) is 4.90 Å². The molecule has 0 saturated carbocycles. The molecule has 0 unspecified atom stereocenters. The molecule has 1 saturated heterocycles. The standard InChI is InChI=1S/C12H21NO4/c1-9(2)17-12(15)13-6-4-11(5-7-13)16-8-10(3)14/h9,11H,4-8H2,1-3H3.